The van der Waals surface area contributed by atoms with E-state index in [1.807, 2.05) is 0 Å². The molecule has 1 aromatic carbocycles. The Morgan fingerprint density at radius 3 is 2.42 bits per heavy atom. The van der Waals surface area contributed by atoms with E-state index < -0.39 is 9.84 Å². The summed E-state index contributed by atoms with van der Waals surface area (Å²) in [5, 5.41) is 9.15. The van der Waals surface area contributed by atoms with Crippen molar-refractivity contribution < 1.29 is 18.3 Å². The lowest BCUT2D eigenvalue weighted by molar-refractivity contribution is 0.237. The summed E-state index contributed by atoms with van der Waals surface area (Å²) in [6, 6.07) is 6.28. The molecule has 0 radical (unpaired) electrons. The van der Waals surface area contributed by atoms with E-state index in [-0.39, 0.29) is 29.2 Å². The Bertz CT molecular complexity index is 498. The normalized spacial score (nSPS) is 20.9. The summed E-state index contributed by atoms with van der Waals surface area (Å²) in [5.74, 6) is 1.49. The molecule has 2 rings (SSSR count). The molecule has 106 valence electrons. The number of hydrogen-bond donors (Lipinski definition) is 2. The molecule has 1 aliphatic rings. The maximum atomic E-state index is 11.3. The molecule has 0 aliphatic carbocycles. The zero-order valence-electron chi connectivity index (χ0n) is 10.7. The molecule has 1 aliphatic heterocycles. The van der Waals surface area contributed by atoms with Gasteiger partial charge >= 0.3 is 0 Å². The highest BCUT2D eigenvalue weighted by molar-refractivity contribution is 7.91. The fourth-order valence-corrected chi connectivity index (χ4v) is 3.74. The largest absolute Gasteiger partial charge is 0.508 e. The lowest BCUT2D eigenvalue weighted by atomic mass is 9.95. The van der Waals surface area contributed by atoms with E-state index in [2.05, 4.69) is 0 Å². The third-order valence-corrected chi connectivity index (χ3v) is 5.20. The van der Waals surface area contributed by atoms with E-state index in [0.717, 1.165) is 0 Å². The number of benzene rings is 1. The van der Waals surface area contributed by atoms with E-state index in [1.54, 1.807) is 24.3 Å². The summed E-state index contributed by atoms with van der Waals surface area (Å²) in [7, 11) is -2.85. The average molecular weight is 285 g/mol. The van der Waals surface area contributed by atoms with Crippen molar-refractivity contribution in [2.45, 2.75) is 18.9 Å². The van der Waals surface area contributed by atoms with Crippen molar-refractivity contribution in [1.29, 1.82) is 0 Å². The lowest BCUT2D eigenvalue weighted by Crippen LogP contribution is -2.40. The summed E-state index contributed by atoms with van der Waals surface area (Å²) in [6.07, 6.45) is 1.23. The van der Waals surface area contributed by atoms with Crippen molar-refractivity contribution in [2.75, 3.05) is 18.1 Å². The van der Waals surface area contributed by atoms with Crippen LogP contribution in [0.5, 0.6) is 11.5 Å². The maximum Gasteiger partial charge on any atom is 0.150 e. The van der Waals surface area contributed by atoms with Gasteiger partial charge in [-0.15, -0.1) is 0 Å². The van der Waals surface area contributed by atoms with Gasteiger partial charge in [-0.05, 0) is 43.0 Å². The third-order valence-electron chi connectivity index (χ3n) is 3.48. The molecule has 1 aromatic rings. The Labute approximate surface area is 113 Å². The van der Waals surface area contributed by atoms with Crippen LogP contribution in [0.15, 0.2) is 24.3 Å². The van der Waals surface area contributed by atoms with Crippen molar-refractivity contribution >= 4 is 9.84 Å². The van der Waals surface area contributed by atoms with Crippen LogP contribution in [0.25, 0.3) is 0 Å². The number of rotatable bonds is 4. The molecular weight excluding hydrogens is 266 g/mol. The second-order valence-electron chi connectivity index (χ2n) is 4.96. The monoisotopic (exact) mass is 285 g/mol. The van der Waals surface area contributed by atoms with Gasteiger partial charge in [-0.1, -0.05) is 0 Å². The molecule has 1 fully saturated rings. The highest BCUT2D eigenvalue weighted by atomic mass is 32.2. The van der Waals surface area contributed by atoms with Gasteiger partial charge < -0.3 is 15.6 Å². The van der Waals surface area contributed by atoms with E-state index in [4.69, 9.17) is 15.6 Å². The average Bonchev–Trinajstić information content (AvgIpc) is 2.37. The molecule has 0 bridgehead atoms. The number of ether oxygens (including phenoxy) is 1. The van der Waals surface area contributed by atoms with Gasteiger partial charge in [-0.2, -0.15) is 0 Å². The first-order valence-electron chi connectivity index (χ1n) is 6.34. The van der Waals surface area contributed by atoms with Crippen molar-refractivity contribution in [1.82, 2.24) is 0 Å². The lowest BCUT2D eigenvalue weighted by Gasteiger charge is -2.27. The van der Waals surface area contributed by atoms with Gasteiger partial charge in [0, 0.05) is 6.04 Å². The standard InChI is InChI=1S/C13H19NO4S/c14-13(10-5-7-19(16,17)8-6-10)9-18-12-3-1-11(15)2-4-12/h1-4,10,13,15H,5-9,14H2. The first kappa shape index (κ1) is 14.1. The van der Waals surface area contributed by atoms with Crippen LogP contribution in [0, 0.1) is 5.92 Å². The molecule has 1 saturated heterocycles. The Hall–Kier alpha value is -1.27. The fraction of sp³-hybridized carbons (Fsp3) is 0.538. The van der Waals surface area contributed by atoms with Gasteiger partial charge in [0.05, 0.1) is 11.5 Å². The van der Waals surface area contributed by atoms with Crippen LogP contribution in [-0.4, -0.2) is 37.7 Å². The SMILES string of the molecule is NC(COc1ccc(O)cc1)C1CCS(=O)(=O)CC1. The van der Waals surface area contributed by atoms with Crippen LogP contribution < -0.4 is 10.5 Å². The molecule has 0 saturated carbocycles. The Morgan fingerprint density at radius 1 is 1.26 bits per heavy atom. The zero-order chi connectivity index (χ0) is 13.9. The Kier molecular flexibility index (Phi) is 4.31. The second kappa shape index (κ2) is 5.79. The molecule has 1 heterocycles. The number of phenolic OH excluding ortho intramolecular Hbond substituents is 1. The van der Waals surface area contributed by atoms with Gasteiger partial charge in [0.25, 0.3) is 0 Å². The van der Waals surface area contributed by atoms with Crippen molar-refractivity contribution in [2.24, 2.45) is 11.7 Å². The van der Waals surface area contributed by atoms with E-state index >= 15 is 0 Å². The summed E-state index contributed by atoms with van der Waals surface area (Å²) >= 11 is 0. The molecule has 5 nitrogen and oxygen atoms in total. The summed E-state index contributed by atoms with van der Waals surface area (Å²) < 4.78 is 28.2. The first-order chi connectivity index (χ1) is 8.96. The molecule has 6 heteroatoms. The summed E-state index contributed by atoms with van der Waals surface area (Å²) in [6.45, 7) is 0.357. The van der Waals surface area contributed by atoms with Gasteiger partial charge in [-0.3, -0.25) is 0 Å². The number of aromatic hydroxyl groups is 1. The van der Waals surface area contributed by atoms with Crippen LogP contribution in [0.3, 0.4) is 0 Å². The smallest absolute Gasteiger partial charge is 0.150 e. The molecule has 1 atom stereocenters. The molecule has 1 unspecified atom stereocenters. The van der Waals surface area contributed by atoms with Gasteiger partial charge in [0.15, 0.2) is 0 Å². The highest BCUT2D eigenvalue weighted by Crippen LogP contribution is 2.22. The van der Waals surface area contributed by atoms with Crippen LogP contribution in [0.2, 0.25) is 0 Å². The third kappa shape index (κ3) is 4.11. The highest BCUT2D eigenvalue weighted by Gasteiger charge is 2.27. The summed E-state index contributed by atoms with van der Waals surface area (Å²) in [5.41, 5.74) is 6.05. The number of hydrogen-bond acceptors (Lipinski definition) is 5. The van der Waals surface area contributed by atoms with E-state index in [0.29, 0.717) is 25.2 Å². The maximum absolute atomic E-state index is 11.3. The molecule has 3 N–H and O–H groups in total. The van der Waals surface area contributed by atoms with Crippen molar-refractivity contribution in [3.8, 4) is 11.5 Å². The zero-order valence-corrected chi connectivity index (χ0v) is 11.5. The van der Waals surface area contributed by atoms with Crippen molar-refractivity contribution in [3.05, 3.63) is 24.3 Å². The Morgan fingerprint density at radius 2 is 1.84 bits per heavy atom. The Balaban J connectivity index is 1.81. The van der Waals surface area contributed by atoms with Crippen LogP contribution in [0.4, 0.5) is 0 Å². The number of phenols is 1. The van der Waals surface area contributed by atoms with Gasteiger partial charge in [0.2, 0.25) is 0 Å². The molecule has 0 amide bonds. The summed E-state index contributed by atoms with van der Waals surface area (Å²) in [4.78, 5) is 0. The molecular formula is C13H19NO4S. The van der Waals surface area contributed by atoms with Crippen LogP contribution in [-0.2, 0) is 9.84 Å². The van der Waals surface area contributed by atoms with Crippen molar-refractivity contribution in [3.63, 3.8) is 0 Å². The second-order valence-corrected chi connectivity index (χ2v) is 7.26. The molecule has 0 spiro atoms. The minimum Gasteiger partial charge on any atom is -0.508 e. The predicted molar refractivity (Wildman–Crippen MR) is 73.0 cm³/mol. The van der Waals surface area contributed by atoms with E-state index in [9.17, 15) is 8.42 Å². The minimum absolute atomic E-state index is 0.163. The number of nitrogens with two attached hydrogens (primary N) is 1. The van der Waals surface area contributed by atoms with Gasteiger partial charge in [0.1, 0.15) is 27.9 Å². The fourth-order valence-electron chi connectivity index (χ4n) is 2.21. The first-order valence-corrected chi connectivity index (χ1v) is 8.16. The minimum atomic E-state index is -2.85. The molecule has 0 aromatic heterocycles. The van der Waals surface area contributed by atoms with Gasteiger partial charge in [-0.25, -0.2) is 8.42 Å². The number of sulfone groups is 1. The quantitative estimate of drug-likeness (QED) is 0.858. The van der Waals surface area contributed by atoms with Crippen LogP contribution >= 0.6 is 0 Å². The van der Waals surface area contributed by atoms with E-state index in [1.165, 1.54) is 0 Å². The molecule has 19 heavy (non-hydrogen) atoms. The van der Waals surface area contributed by atoms with Crippen LogP contribution in [0.1, 0.15) is 12.8 Å². The topological polar surface area (TPSA) is 89.6 Å². The predicted octanol–water partition coefficient (Wildman–Crippen LogP) is 0.923.